The molecule has 1 aliphatic heterocycles. The summed E-state index contributed by atoms with van der Waals surface area (Å²) in [5.41, 5.74) is 3.54. The van der Waals surface area contributed by atoms with Gasteiger partial charge in [0.05, 0.1) is 23.1 Å². The van der Waals surface area contributed by atoms with Crippen molar-refractivity contribution in [1.29, 1.82) is 5.26 Å². The van der Waals surface area contributed by atoms with Gasteiger partial charge in [-0.05, 0) is 47.5 Å². The predicted octanol–water partition coefficient (Wildman–Crippen LogP) is 4.58. The van der Waals surface area contributed by atoms with Crippen molar-refractivity contribution in [1.82, 2.24) is 4.90 Å². The summed E-state index contributed by atoms with van der Waals surface area (Å²) in [7, 11) is -3.36. The average molecular weight is 444 g/mol. The molecule has 0 saturated carbocycles. The second-order valence-corrected chi connectivity index (χ2v) is 9.52. The van der Waals surface area contributed by atoms with E-state index >= 15 is 0 Å². The van der Waals surface area contributed by atoms with Crippen molar-refractivity contribution < 1.29 is 13.2 Å². The number of hydrogen-bond donors (Lipinski definition) is 0. The van der Waals surface area contributed by atoms with Gasteiger partial charge in [0, 0.05) is 30.3 Å². The van der Waals surface area contributed by atoms with E-state index in [1.54, 1.807) is 58.5 Å². The molecule has 0 unspecified atom stereocenters. The quantitative estimate of drug-likeness (QED) is 0.578. The van der Waals surface area contributed by atoms with Crippen molar-refractivity contribution >= 4 is 21.6 Å². The third-order valence-corrected chi connectivity index (χ3v) is 6.39. The molecular formula is C25H21N3O3S. The molecule has 1 heterocycles. The molecule has 3 aromatic rings. The molecule has 0 atom stereocenters. The van der Waals surface area contributed by atoms with Crippen LogP contribution in [0.1, 0.15) is 11.1 Å². The Labute approximate surface area is 187 Å². The smallest absolute Gasteiger partial charge is 0.297 e. The van der Waals surface area contributed by atoms with Crippen LogP contribution in [0.3, 0.4) is 0 Å². The molecule has 1 aliphatic rings. The summed E-state index contributed by atoms with van der Waals surface area (Å²) in [6.45, 7) is 0.800. The fourth-order valence-corrected chi connectivity index (χ4v) is 4.61. The van der Waals surface area contributed by atoms with Gasteiger partial charge in [0.2, 0.25) is 0 Å². The van der Waals surface area contributed by atoms with E-state index in [1.807, 2.05) is 36.4 Å². The number of carbonyl (C=O) groups excluding carboxylic acids is 1. The van der Waals surface area contributed by atoms with Gasteiger partial charge in [-0.1, -0.05) is 42.5 Å². The van der Waals surface area contributed by atoms with E-state index in [1.165, 1.54) is 6.26 Å². The molecule has 4 rings (SSSR count). The van der Waals surface area contributed by atoms with Crippen molar-refractivity contribution in [2.45, 2.75) is 11.4 Å². The largest absolute Gasteiger partial charge is 0.329 e. The van der Waals surface area contributed by atoms with E-state index in [2.05, 4.69) is 6.07 Å². The highest BCUT2D eigenvalue weighted by atomic mass is 32.2. The Bertz CT molecular complexity index is 1340. The molecule has 0 fully saturated rings. The van der Waals surface area contributed by atoms with Crippen molar-refractivity contribution in [3.05, 3.63) is 96.2 Å². The number of rotatable bonds is 5. The van der Waals surface area contributed by atoms with E-state index < -0.39 is 9.84 Å². The molecule has 0 aromatic heterocycles. The van der Waals surface area contributed by atoms with E-state index in [-0.39, 0.29) is 10.9 Å². The fraction of sp³-hybridized carbons (Fsp3) is 0.120. The first-order valence-corrected chi connectivity index (χ1v) is 11.9. The number of amides is 2. The Balaban J connectivity index is 1.57. The minimum Gasteiger partial charge on any atom is -0.297 e. The molecule has 160 valence electrons. The second-order valence-electron chi connectivity index (χ2n) is 7.53. The first-order valence-electron chi connectivity index (χ1n) is 10.0. The number of carbonyl (C=O) groups is 1. The van der Waals surface area contributed by atoms with Gasteiger partial charge < -0.3 is 0 Å². The Morgan fingerprint density at radius 2 is 1.75 bits per heavy atom. The highest BCUT2D eigenvalue weighted by molar-refractivity contribution is 7.90. The van der Waals surface area contributed by atoms with E-state index in [0.29, 0.717) is 24.2 Å². The van der Waals surface area contributed by atoms with E-state index in [9.17, 15) is 13.2 Å². The number of anilines is 1. The monoisotopic (exact) mass is 443 g/mol. The van der Waals surface area contributed by atoms with Crippen molar-refractivity contribution in [2.75, 3.05) is 17.7 Å². The lowest BCUT2D eigenvalue weighted by Gasteiger charge is -2.31. The Kier molecular flexibility index (Phi) is 5.80. The zero-order valence-corrected chi connectivity index (χ0v) is 18.3. The van der Waals surface area contributed by atoms with Crippen LogP contribution in [-0.4, -0.2) is 32.1 Å². The summed E-state index contributed by atoms with van der Waals surface area (Å²) >= 11 is 0. The highest BCUT2D eigenvalue weighted by Gasteiger charge is 2.24. The summed E-state index contributed by atoms with van der Waals surface area (Å²) in [6.07, 6.45) is 4.86. The maximum Gasteiger partial charge on any atom is 0.329 e. The number of urea groups is 1. The van der Waals surface area contributed by atoms with Crippen LogP contribution in [0.2, 0.25) is 0 Å². The molecule has 6 nitrogen and oxygen atoms in total. The van der Waals surface area contributed by atoms with Crippen molar-refractivity contribution in [3.63, 3.8) is 0 Å². The summed E-state index contributed by atoms with van der Waals surface area (Å²) in [5, 5.41) is 9.09. The SMILES string of the molecule is CS(=O)(=O)c1ccccc1-c1ccc(N2CC=CN(Cc3cccc(C#N)c3)C2=O)cc1. The number of nitrogens with zero attached hydrogens (tertiary/aromatic N) is 3. The summed E-state index contributed by atoms with van der Waals surface area (Å²) < 4.78 is 24.3. The molecule has 7 heteroatoms. The van der Waals surface area contributed by atoms with Crippen LogP contribution in [0.15, 0.2) is 90.0 Å². The molecule has 0 bridgehead atoms. The van der Waals surface area contributed by atoms with Crippen LogP contribution in [0.4, 0.5) is 10.5 Å². The summed E-state index contributed by atoms with van der Waals surface area (Å²) in [5.74, 6) is 0. The van der Waals surface area contributed by atoms with Crippen molar-refractivity contribution in [2.24, 2.45) is 0 Å². The number of benzene rings is 3. The first kappa shape index (κ1) is 21.3. The van der Waals surface area contributed by atoms with Gasteiger partial charge in [0.15, 0.2) is 9.84 Å². The first-order chi connectivity index (χ1) is 15.4. The van der Waals surface area contributed by atoms with Gasteiger partial charge in [0.1, 0.15) is 0 Å². The summed E-state index contributed by atoms with van der Waals surface area (Å²) in [4.78, 5) is 16.6. The van der Waals surface area contributed by atoms with Gasteiger partial charge in [-0.15, -0.1) is 0 Å². The second kappa shape index (κ2) is 8.69. The standard InChI is InChI=1S/C25H21N3O3S/c1-32(30,31)24-9-3-2-8-23(24)21-10-12-22(13-11-21)28-15-5-14-27(25(28)29)18-20-7-4-6-19(16-20)17-26/h2-14,16H,15,18H2,1H3. The number of sulfone groups is 1. The highest BCUT2D eigenvalue weighted by Crippen LogP contribution is 2.30. The molecule has 0 spiro atoms. The van der Waals surface area contributed by atoms with Crippen molar-refractivity contribution in [3.8, 4) is 17.2 Å². The predicted molar refractivity (Wildman–Crippen MR) is 124 cm³/mol. The Morgan fingerprint density at radius 3 is 2.47 bits per heavy atom. The molecule has 3 aromatic carbocycles. The van der Waals surface area contributed by atoms with Crippen LogP contribution >= 0.6 is 0 Å². The maximum atomic E-state index is 13.1. The molecule has 2 amide bonds. The van der Waals surface area contributed by atoms with E-state index in [0.717, 1.165) is 16.8 Å². The average Bonchev–Trinajstić information content (AvgIpc) is 2.80. The molecule has 0 aliphatic carbocycles. The topological polar surface area (TPSA) is 81.5 Å². The Morgan fingerprint density at radius 1 is 1.00 bits per heavy atom. The summed E-state index contributed by atoms with van der Waals surface area (Å²) in [6, 6.07) is 23.3. The van der Waals surface area contributed by atoms with Crippen LogP contribution < -0.4 is 4.90 Å². The van der Waals surface area contributed by atoms with Crippen LogP contribution in [0.5, 0.6) is 0 Å². The van der Waals surface area contributed by atoms with Crippen LogP contribution in [0.25, 0.3) is 11.1 Å². The third kappa shape index (κ3) is 4.41. The minimum absolute atomic E-state index is 0.167. The molecule has 0 N–H and O–H groups in total. The number of hydrogen-bond acceptors (Lipinski definition) is 4. The lowest BCUT2D eigenvalue weighted by molar-refractivity contribution is 0.218. The number of nitriles is 1. The zero-order valence-electron chi connectivity index (χ0n) is 17.5. The van der Waals surface area contributed by atoms with Crippen LogP contribution in [0, 0.1) is 11.3 Å². The van der Waals surface area contributed by atoms with Gasteiger partial charge in [-0.3, -0.25) is 9.80 Å². The third-order valence-electron chi connectivity index (χ3n) is 5.24. The normalized spacial score (nSPS) is 13.8. The van der Waals surface area contributed by atoms with E-state index in [4.69, 9.17) is 5.26 Å². The molecule has 0 saturated heterocycles. The molecule has 32 heavy (non-hydrogen) atoms. The zero-order chi connectivity index (χ0) is 22.7. The molecule has 0 radical (unpaired) electrons. The fourth-order valence-electron chi connectivity index (χ4n) is 3.70. The van der Waals surface area contributed by atoms with Gasteiger partial charge in [-0.2, -0.15) is 5.26 Å². The lowest BCUT2D eigenvalue weighted by atomic mass is 10.1. The van der Waals surface area contributed by atoms with Gasteiger partial charge in [0.25, 0.3) is 0 Å². The lowest BCUT2D eigenvalue weighted by Crippen LogP contribution is -2.43. The Hall–Kier alpha value is -3.89. The minimum atomic E-state index is -3.36. The maximum absolute atomic E-state index is 13.1. The van der Waals surface area contributed by atoms with Gasteiger partial charge >= 0.3 is 6.03 Å². The molecular weight excluding hydrogens is 422 g/mol. The van der Waals surface area contributed by atoms with Gasteiger partial charge in [-0.25, -0.2) is 13.2 Å². The van der Waals surface area contributed by atoms with Crippen LogP contribution in [-0.2, 0) is 16.4 Å².